The molecule has 0 bridgehead atoms. The van der Waals surface area contributed by atoms with Gasteiger partial charge in [-0.2, -0.15) is 0 Å². The van der Waals surface area contributed by atoms with Crippen molar-refractivity contribution in [1.29, 1.82) is 0 Å². The average molecular weight is 777 g/mol. The Bertz CT molecular complexity index is 3570. The fourth-order valence-electron chi connectivity index (χ4n) is 9.26. The zero-order valence-corrected chi connectivity index (χ0v) is 33.1. The molecule has 0 saturated heterocycles. The Morgan fingerprint density at radius 2 is 0.689 bits per heavy atom. The van der Waals surface area contributed by atoms with Crippen LogP contribution in [0.2, 0.25) is 0 Å². The zero-order chi connectivity index (χ0) is 40.3. The average Bonchev–Trinajstić information content (AvgIpc) is 3.69. The SMILES string of the molecule is c1ccc(-c2nc(-c3ccccc3)nc(-c3cccc(-c4cc5c6ccccc6c6ccccc6c5cc4-n4c5ccccc5c5c(-c6ccccc6)cccc54)c3)n2)cc1. The van der Waals surface area contributed by atoms with Gasteiger partial charge in [0.25, 0.3) is 0 Å². The highest BCUT2D eigenvalue weighted by Crippen LogP contribution is 2.45. The fourth-order valence-corrected chi connectivity index (χ4v) is 9.26. The van der Waals surface area contributed by atoms with Crippen molar-refractivity contribution < 1.29 is 0 Å². The molecule has 0 aliphatic rings. The van der Waals surface area contributed by atoms with E-state index in [9.17, 15) is 0 Å². The van der Waals surface area contributed by atoms with Crippen molar-refractivity contribution in [2.45, 2.75) is 0 Å². The third kappa shape index (κ3) is 5.80. The van der Waals surface area contributed by atoms with Crippen molar-refractivity contribution in [1.82, 2.24) is 19.5 Å². The van der Waals surface area contributed by atoms with E-state index in [4.69, 9.17) is 15.0 Å². The van der Waals surface area contributed by atoms with Crippen LogP contribution in [-0.2, 0) is 0 Å². The Morgan fingerprint density at radius 1 is 0.262 bits per heavy atom. The van der Waals surface area contributed by atoms with E-state index in [2.05, 4.69) is 187 Å². The molecule has 284 valence electrons. The molecule has 0 atom stereocenters. The summed E-state index contributed by atoms with van der Waals surface area (Å²) in [6.07, 6.45) is 0. The van der Waals surface area contributed by atoms with Gasteiger partial charge in [0.15, 0.2) is 17.5 Å². The Morgan fingerprint density at radius 3 is 1.30 bits per heavy atom. The summed E-state index contributed by atoms with van der Waals surface area (Å²) in [4.78, 5) is 15.2. The Labute approximate surface area is 352 Å². The molecule has 0 spiro atoms. The Kier molecular flexibility index (Phi) is 8.13. The highest BCUT2D eigenvalue weighted by molar-refractivity contribution is 6.26. The van der Waals surface area contributed by atoms with Gasteiger partial charge in [0.1, 0.15) is 0 Å². The maximum absolute atomic E-state index is 5.12. The van der Waals surface area contributed by atoms with E-state index in [0.717, 1.165) is 44.5 Å². The second kappa shape index (κ2) is 14.3. The quantitative estimate of drug-likeness (QED) is 0.158. The summed E-state index contributed by atoms with van der Waals surface area (Å²) >= 11 is 0. The van der Waals surface area contributed by atoms with Crippen LogP contribution in [0.15, 0.2) is 218 Å². The van der Waals surface area contributed by atoms with Crippen molar-refractivity contribution in [3.05, 3.63) is 218 Å². The molecule has 0 unspecified atom stereocenters. The summed E-state index contributed by atoms with van der Waals surface area (Å²) in [5.41, 5.74) is 10.8. The standard InChI is InChI=1S/C57H36N4/c1-4-18-37(19-5-1)42-31-17-33-52-54(42)47-30-14-15-32-51(47)61(52)53-36-50-46-29-13-11-27-44(46)43-26-10-12-28-45(43)49(50)35-48(53)40-24-16-25-41(34-40)57-59-55(38-20-6-2-7-21-38)58-56(60-57)39-22-8-3-9-23-39/h1-36H. The van der Waals surface area contributed by atoms with Gasteiger partial charge in [-0.15, -0.1) is 0 Å². The fraction of sp³-hybridized carbons (Fsp3) is 0. The number of fused-ring (bicyclic) bond motifs is 9. The molecular weight excluding hydrogens is 741 g/mol. The minimum atomic E-state index is 0.623. The third-order valence-electron chi connectivity index (χ3n) is 12.0. The van der Waals surface area contributed by atoms with Crippen molar-refractivity contribution in [2.24, 2.45) is 0 Å². The Balaban J connectivity index is 1.17. The van der Waals surface area contributed by atoms with Crippen LogP contribution in [0, 0.1) is 0 Å². The number of benzene rings is 10. The van der Waals surface area contributed by atoms with Gasteiger partial charge in [0.2, 0.25) is 0 Å². The van der Waals surface area contributed by atoms with Gasteiger partial charge in [-0.05, 0) is 79.3 Å². The predicted octanol–water partition coefficient (Wildman–Crippen LogP) is 14.8. The van der Waals surface area contributed by atoms with Crippen LogP contribution in [0.4, 0.5) is 0 Å². The van der Waals surface area contributed by atoms with E-state index in [1.807, 2.05) is 36.4 Å². The number of para-hydroxylation sites is 1. The van der Waals surface area contributed by atoms with Crippen LogP contribution in [0.3, 0.4) is 0 Å². The molecule has 4 nitrogen and oxygen atoms in total. The first-order valence-corrected chi connectivity index (χ1v) is 20.7. The van der Waals surface area contributed by atoms with E-state index >= 15 is 0 Å². The largest absolute Gasteiger partial charge is 0.309 e. The van der Waals surface area contributed by atoms with E-state index in [1.165, 1.54) is 54.2 Å². The first-order valence-electron chi connectivity index (χ1n) is 20.7. The normalized spacial score (nSPS) is 11.6. The van der Waals surface area contributed by atoms with Crippen LogP contribution in [0.25, 0.3) is 116 Å². The van der Waals surface area contributed by atoms with Crippen molar-refractivity contribution in [2.75, 3.05) is 0 Å². The minimum absolute atomic E-state index is 0.623. The lowest BCUT2D eigenvalue weighted by Crippen LogP contribution is -2.01. The van der Waals surface area contributed by atoms with Crippen LogP contribution >= 0.6 is 0 Å². The molecule has 0 amide bonds. The number of aromatic nitrogens is 4. The molecule has 0 aliphatic carbocycles. The number of hydrogen-bond donors (Lipinski definition) is 0. The van der Waals surface area contributed by atoms with Gasteiger partial charge in [0.05, 0.1) is 16.7 Å². The molecule has 10 aromatic carbocycles. The first-order chi connectivity index (χ1) is 30.3. The lowest BCUT2D eigenvalue weighted by atomic mass is 9.90. The van der Waals surface area contributed by atoms with Crippen LogP contribution in [0.1, 0.15) is 0 Å². The molecule has 0 saturated carbocycles. The number of rotatable bonds is 6. The number of hydrogen-bond acceptors (Lipinski definition) is 3. The second-order valence-corrected chi connectivity index (χ2v) is 15.5. The van der Waals surface area contributed by atoms with Crippen molar-refractivity contribution in [3.8, 4) is 62.1 Å². The molecular formula is C57H36N4. The summed E-state index contributed by atoms with van der Waals surface area (Å²) < 4.78 is 2.48. The monoisotopic (exact) mass is 776 g/mol. The minimum Gasteiger partial charge on any atom is -0.309 e. The van der Waals surface area contributed by atoms with Gasteiger partial charge < -0.3 is 4.57 Å². The molecule has 0 fully saturated rings. The first kappa shape index (κ1) is 34.8. The van der Waals surface area contributed by atoms with Crippen LogP contribution < -0.4 is 0 Å². The molecule has 0 radical (unpaired) electrons. The highest BCUT2D eigenvalue weighted by atomic mass is 15.0. The van der Waals surface area contributed by atoms with Crippen molar-refractivity contribution >= 4 is 54.1 Å². The third-order valence-corrected chi connectivity index (χ3v) is 12.0. The zero-order valence-electron chi connectivity index (χ0n) is 33.1. The van der Waals surface area contributed by atoms with Gasteiger partial charge >= 0.3 is 0 Å². The van der Waals surface area contributed by atoms with Gasteiger partial charge in [-0.25, -0.2) is 15.0 Å². The van der Waals surface area contributed by atoms with Crippen molar-refractivity contribution in [3.63, 3.8) is 0 Å². The molecule has 0 aliphatic heterocycles. The van der Waals surface area contributed by atoms with E-state index < -0.39 is 0 Å². The van der Waals surface area contributed by atoms with E-state index in [0.29, 0.717) is 17.5 Å². The van der Waals surface area contributed by atoms with Gasteiger partial charge in [-0.1, -0.05) is 188 Å². The van der Waals surface area contributed by atoms with Crippen LogP contribution in [0.5, 0.6) is 0 Å². The predicted molar refractivity (Wildman–Crippen MR) is 254 cm³/mol. The lowest BCUT2D eigenvalue weighted by molar-refractivity contribution is 1.07. The second-order valence-electron chi connectivity index (χ2n) is 15.5. The highest BCUT2D eigenvalue weighted by Gasteiger charge is 2.21. The molecule has 2 aromatic heterocycles. The summed E-state index contributed by atoms with van der Waals surface area (Å²) in [5, 5.41) is 9.83. The summed E-state index contributed by atoms with van der Waals surface area (Å²) in [5.74, 6) is 1.90. The Hall–Kier alpha value is -8.21. The van der Waals surface area contributed by atoms with E-state index in [1.54, 1.807) is 0 Å². The molecule has 61 heavy (non-hydrogen) atoms. The smallest absolute Gasteiger partial charge is 0.164 e. The van der Waals surface area contributed by atoms with E-state index in [-0.39, 0.29) is 0 Å². The molecule has 12 rings (SSSR count). The summed E-state index contributed by atoms with van der Waals surface area (Å²) in [6, 6.07) is 77.8. The molecule has 4 heteroatoms. The topological polar surface area (TPSA) is 43.6 Å². The van der Waals surface area contributed by atoms with Gasteiger partial charge in [0, 0.05) is 33.0 Å². The summed E-state index contributed by atoms with van der Waals surface area (Å²) in [7, 11) is 0. The summed E-state index contributed by atoms with van der Waals surface area (Å²) in [6.45, 7) is 0. The lowest BCUT2D eigenvalue weighted by Gasteiger charge is -2.19. The van der Waals surface area contributed by atoms with Gasteiger partial charge in [-0.3, -0.25) is 0 Å². The maximum Gasteiger partial charge on any atom is 0.164 e. The van der Waals surface area contributed by atoms with Crippen LogP contribution in [-0.4, -0.2) is 19.5 Å². The maximum atomic E-state index is 5.12. The molecule has 2 heterocycles. The molecule has 0 N–H and O–H groups in total. The molecule has 12 aromatic rings. The number of nitrogens with zero attached hydrogens (tertiary/aromatic N) is 4.